The third kappa shape index (κ3) is 4.61. The molecule has 0 fully saturated rings. The van der Waals surface area contributed by atoms with Gasteiger partial charge in [-0.15, -0.1) is 0 Å². The quantitative estimate of drug-likeness (QED) is 0.461. The van der Waals surface area contributed by atoms with E-state index in [4.69, 9.17) is 14.2 Å². The van der Waals surface area contributed by atoms with Crippen LogP contribution in [0.2, 0.25) is 0 Å². The van der Waals surface area contributed by atoms with E-state index >= 15 is 0 Å². The molecule has 0 saturated heterocycles. The first-order valence-corrected chi connectivity index (χ1v) is 9.97. The van der Waals surface area contributed by atoms with Crippen molar-refractivity contribution in [1.82, 2.24) is 0 Å². The van der Waals surface area contributed by atoms with Crippen molar-refractivity contribution in [3.8, 4) is 51.0 Å². The minimum atomic E-state index is -0.0239. The molecule has 0 spiro atoms. The Bertz CT molecular complexity index is 1090. The zero-order chi connectivity index (χ0) is 22.5. The molecule has 0 aliphatic rings. The summed E-state index contributed by atoms with van der Waals surface area (Å²) in [5.74, 6) is 1.78. The van der Waals surface area contributed by atoms with E-state index in [0.29, 0.717) is 28.2 Å². The van der Waals surface area contributed by atoms with Crippen LogP contribution in [0.4, 0.5) is 0 Å². The smallest absolute Gasteiger partial charge is 0.170 e. The highest BCUT2D eigenvalue weighted by atomic mass is 16.5. The highest BCUT2D eigenvalue weighted by Crippen LogP contribution is 2.49. The van der Waals surface area contributed by atoms with E-state index in [1.165, 1.54) is 12.7 Å². The van der Waals surface area contributed by atoms with Crippen molar-refractivity contribution in [1.29, 1.82) is 0 Å². The van der Waals surface area contributed by atoms with Gasteiger partial charge >= 0.3 is 0 Å². The van der Waals surface area contributed by atoms with Crippen molar-refractivity contribution < 1.29 is 24.4 Å². The van der Waals surface area contributed by atoms with Crippen LogP contribution in [0.1, 0.15) is 19.4 Å². The first kappa shape index (κ1) is 22.1. The molecule has 162 valence electrons. The largest absolute Gasteiger partial charge is 0.508 e. The second-order valence-corrected chi connectivity index (χ2v) is 7.44. The lowest BCUT2D eigenvalue weighted by Gasteiger charge is -2.19. The van der Waals surface area contributed by atoms with Crippen molar-refractivity contribution in [3.05, 3.63) is 65.7 Å². The predicted molar refractivity (Wildman–Crippen MR) is 123 cm³/mol. The summed E-state index contributed by atoms with van der Waals surface area (Å²) in [7, 11) is 4.74. The lowest BCUT2D eigenvalue weighted by atomic mass is 9.95. The molecule has 0 aromatic heterocycles. The van der Waals surface area contributed by atoms with Gasteiger partial charge in [0.25, 0.3) is 0 Å². The number of rotatable bonds is 7. The van der Waals surface area contributed by atoms with Crippen LogP contribution in [-0.2, 0) is 6.42 Å². The number of allylic oxidation sites excluding steroid dienone is 2. The Hall–Kier alpha value is -3.60. The van der Waals surface area contributed by atoms with Crippen LogP contribution in [0.5, 0.6) is 28.7 Å². The summed E-state index contributed by atoms with van der Waals surface area (Å²) in [6.07, 6.45) is 2.88. The number of phenols is 2. The van der Waals surface area contributed by atoms with Crippen LogP contribution in [0, 0.1) is 0 Å². The van der Waals surface area contributed by atoms with Crippen molar-refractivity contribution in [2.75, 3.05) is 21.3 Å². The van der Waals surface area contributed by atoms with Crippen molar-refractivity contribution >= 4 is 0 Å². The summed E-state index contributed by atoms with van der Waals surface area (Å²) in [5, 5.41) is 20.7. The SMILES string of the molecule is COc1ccc(-c2cc(OC)c(-c3ccc(O)cc3)c(O)c2OC)cc1CC=C(C)C. The second kappa shape index (κ2) is 9.47. The zero-order valence-electron chi connectivity index (χ0n) is 18.5. The third-order valence-corrected chi connectivity index (χ3v) is 5.12. The molecule has 3 aromatic rings. The number of aromatic hydroxyl groups is 2. The molecule has 0 aliphatic carbocycles. The minimum Gasteiger partial charge on any atom is -0.508 e. The monoisotopic (exact) mass is 420 g/mol. The minimum absolute atomic E-state index is 0.0239. The molecule has 0 amide bonds. The Balaban J connectivity index is 2.20. The van der Waals surface area contributed by atoms with E-state index in [9.17, 15) is 10.2 Å². The summed E-state index contributed by atoms with van der Waals surface area (Å²) in [5.41, 5.74) is 5.05. The van der Waals surface area contributed by atoms with Crippen LogP contribution in [0.3, 0.4) is 0 Å². The van der Waals surface area contributed by atoms with Gasteiger partial charge in [-0.1, -0.05) is 29.8 Å². The Morgan fingerprint density at radius 1 is 0.806 bits per heavy atom. The average Bonchev–Trinajstić information content (AvgIpc) is 2.77. The molecule has 0 saturated carbocycles. The fraction of sp³-hybridized carbons (Fsp3) is 0.231. The van der Waals surface area contributed by atoms with Crippen molar-refractivity contribution in [2.45, 2.75) is 20.3 Å². The van der Waals surface area contributed by atoms with Crippen molar-refractivity contribution in [3.63, 3.8) is 0 Å². The fourth-order valence-corrected chi connectivity index (χ4v) is 3.54. The molecule has 5 nitrogen and oxygen atoms in total. The Morgan fingerprint density at radius 2 is 1.45 bits per heavy atom. The van der Waals surface area contributed by atoms with Gasteiger partial charge in [-0.25, -0.2) is 0 Å². The van der Waals surface area contributed by atoms with Crippen LogP contribution < -0.4 is 14.2 Å². The normalized spacial score (nSPS) is 10.5. The highest BCUT2D eigenvalue weighted by molar-refractivity contribution is 5.87. The molecule has 0 bridgehead atoms. The van der Waals surface area contributed by atoms with E-state index in [0.717, 1.165) is 23.3 Å². The maximum absolute atomic E-state index is 11.1. The Kier molecular flexibility index (Phi) is 6.75. The molecular formula is C26H28O5. The number of hydrogen-bond donors (Lipinski definition) is 2. The first-order chi connectivity index (χ1) is 14.9. The average molecular weight is 421 g/mol. The van der Waals surface area contributed by atoms with Crippen molar-refractivity contribution in [2.24, 2.45) is 0 Å². The van der Waals surface area contributed by atoms with Crippen LogP contribution >= 0.6 is 0 Å². The summed E-state index contributed by atoms with van der Waals surface area (Å²) in [6.45, 7) is 4.12. The molecule has 2 N–H and O–H groups in total. The zero-order valence-corrected chi connectivity index (χ0v) is 18.5. The van der Waals surface area contributed by atoms with E-state index in [-0.39, 0.29) is 11.5 Å². The predicted octanol–water partition coefficient (Wildman–Crippen LogP) is 5.97. The Morgan fingerprint density at radius 3 is 2.03 bits per heavy atom. The van der Waals surface area contributed by atoms with Crippen LogP contribution in [0.15, 0.2) is 60.2 Å². The molecule has 0 atom stereocenters. The van der Waals surface area contributed by atoms with Gasteiger partial charge in [0, 0.05) is 5.56 Å². The molecule has 3 aromatic carbocycles. The van der Waals surface area contributed by atoms with E-state index in [2.05, 4.69) is 19.9 Å². The lowest BCUT2D eigenvalue weighted by Crippen LogP contribution is -1.97. The van der Waals surface area contributed by atoms with E-state index < -0.39 is 0 Å². The standard InChI is InChI=1S/C26H28O5/c1-16(2)6-7-19-14-18(10-13-22(19)29-3)21-15-23(30-4)24(25(28)26(21)31-5)17-8-11-20(27)12-9-17/h6,8-15,27-28H,7H2,1-5H3. The molecule has 31 heavy (non-hydrogen) atoms. The number of benzene rings is 3. The van der Waals surface area contributed by atoms with Gasteiger partial charge in [0.1, 0.15) is 17.2 Å². The maximum Gasteiger partial charge on any atom is 0.170 e. The first-order valence-electron chi connectivity index (χ1n) is 9.97. The van der Waals surface area contributed by atoms with Gasteiger partial charge < -0.3 is 24.4 Å². The van der Waals surface area contributed by atoms with Gasteiger partial charge in [0.15, 0.2) is 11.5 Å². The molecule has 0 radical (unpaired) electrons. The molecular weight excluding hydrogens is 392 g/mol. The fourth-order valence-electron chi connectivity index (χ4n) is 3.54. The van der Waals surface area contributed by atoms with Crippen LogP contribution in [-0.4, -0.2) is 31.5 Å². The van der Waals surface area contributed by atoms with Gasteiger partial charge in [-0.05, 0) is 67.3 Å². The molecule has 0 unspecified atom stereocenters. The number of phenolic OH excluding ortho intramolecular Hbond substituents is 2. The lowest BCUT2D eigenvalue weighted by molar-refractivity contribution is 0.369. The van der Waals surface area contributed by atoms with E-state index in [1.807, 2.05) is 24.3 Å². The third-order valence-electron chi connectivity index (χ3n) is 5.12. The molecule has 0 aliphatic heterocycles. The summed E-state index contributed by atoms with van der Waals surface area (Å²) >= 11 is 0. The molecule has 5 heteroatoms. The topological polar surface area (TPSA) is 68.2 Å². The van der Waals surface area contributed by atoms with Crippen LogP contribution in [0.25, 0.3) is 22.3 Å². The maximum atomic E-state index is 11.1. The Labute approximate surface area is 183 Å². The van der Waals surface area contributed by atoms with Gasteiger partial charge in [0.2, 0.25) is 0 Å². The second-order valence-electron chi connectivity index (χ2n) is 7.44. The van der Waals surface area contributed by atoms with Gasteiger partial charge in [-0.2, -0.15) is 0 Å². The summed E-state index contributed by atoms with van der Waals surface area (Å²) < 4.78 is 16.8. The highest BCUT2D eigenvalue weighted by Gasteiger charge is 2.22. The summed E-state index contributed by atoms with van der Waals surface area (Å²) in [6, 6.07) is 14.3. The molecule has 0 heterocycles. The van der Waals surface area contributed by atoms with Gasteiger partial charge in [0.05, 0.1) is 26.9 Å². The summed E-state index contributed by atoms with van der Waals surface area (Å²) in [4.78, 5) is 0. The number of methoxy groups -OCH3 is 3. The van der Waals surface area contributed by atoms with Gasteiger partial charge in [-0.3, -0.25) is 0 Å². The number of hydrogen-bond acceptors (Lipinski definition) is 5. The number of ether oxygens (including phenoxy) is 3. The van der Waals surface area contributed by atoms with E-state index in [1.54, 1.807) is 38.5 Å². The molecule has 3 rings (SSSR count).